The summed E-state index contributed by atoms with van der Waals surface area (Å²) in [7, 11) is 1.62. The van der Waals surface area contributed by atoms with Gasteiger partial charge in [0.25, 0.3) is 0 Å². The van der Waals surface area contributed by atoms with Crippen molar-refractivity contribution >= 4 is 17.4 Å². The standard InChI is InChI=1S/C25H29ClN2O3/c1-30-23-15-12-20(13-16-23)25-27-24(31-28-25)17-14-22(29)11-7-6-9-19-8-4-2-3-5-10-21(26)18-19/h5,8,10,12-13,15-16,18H,2-4,6-7,9,11,14,17H2,1H3/b10-5+,19-8-,21-18+. The third kappa shape index (κ3) is 7.83. The van der Waals surface area contributed by atoms with Gasteiger partial charge in [0.2, 0.25) is 11.7 Å². The Kier molecular flexibility index (Phi) is 9.10. The number of nitrogens with zero attached hydrogens (tertiary/aromatic N) is 2. The van der Waals surface area contributed by atoms with Crippen LogP contribution in [0.15, 0.2) is 63.7 Å². The van der Waals surface area contributed by atoms with Gasteiger partial charge in [0.05, 0.1) is 7.11 Å². The van der Waals surface area contributed by atoms with Crippen molar-refractivity contribution in [3.63, 3.8) is 0 Å². The van der Waals surface area contributed by atoms with Gasteiger partial charge in [-0.1, -0.05) is 34.5 Å². The minimum absolute atomic E-state index is 0.226. The fraction of sp³-hybridized carbons (Fsp3) is 0.400. The Bertz CT molecular complexity index is 942. The summed E-state index contributed by atoms with van der Waals surface area (Å²) in [6.07, 6.45) is 16.0. The third-order valence-electron chi connectivity index (χ3n) is 5.19. The SMILES string of the molecule is COc1ccc(-c2noc(CCC(=O)CCCCC3=C/CCC/C=C/C(Cl)=C\3)n2)cc1. The zero-order valence-corrected chi connectivity index (χ0v) is 18.7. The van der Waals surface area contributed by atoms with E-state index in [9.17, 15) is 4.79 Å². The van der Waals surface area contributed by atoms with Crippen LogP contribution in [0.25, 0.3) is 11.4 Å². The molecule has 6 heteroatoms. The summed E-state index contributed by atoms with van der Waals surface area (Å²) in [5.74, 6) is 2.01. The van der Waals surface area contributed by atoms with Crippen molar-refractivity contribution in [3.05, 3.63) is 65.1 Å². The molecular formula is C25H29ClN2O3. The molecule has 0 radical (unpaired) electrons. The van der Waals surface area contributed by atoms with Crippen molar-refractivity contribution in [2.75, 3.05) is 7.11 Å². The zero-order valence-electron chi connectivity index (χ0n) is 18.0. The predicted octanol–water partition coefficient (Wildman–Crippen LogP) is 6.60. The molecule has 0 fully saturated rings. The molecule has 3 rings (SSSR count). The van der Waals surface area contributed by atoms with E-state index >= 15 is 0 Å². The van der Waals surface area contributed by atoms with E-state index in [2.05, 4.69) is 22.3 Å². The maximum absolute atomic E-state index is 12.3. The molecule has 0 unspecified atom stereocenters. The largest absolute Gasteiger partial charge is 0.497 e. The van der Waals surface area contributed by atoms with Crippen molar-refractivity contribution in [2.45, 2.75) is 57.8 Å². The van der Waals surface area contributed by atoms with Gasteiger partial charge in [-0.05, 0) is 74.9 Å². The smallest absolute Gasteiger partial charge is 0.227 e. The molecule has 1 heterocycles. The number of carbonyl (C=O) groups excluding carboxylic acids is 1. The number of halogens is 1. The molecule has 5 nitrogen and oxygen atoms in total. The molecule has 0 bridgehead atoms. The molecule has 0 saturated carbocycles. The maximum Gasteiger partial charge on any atom is 0.227 e. The molecule has 1 aliphatic rings. The topological polar surface area (TPSA) is 65.2 Å². The van der Waals surface area contributed by atoms with Gasteiger partial charge in [-0.3, -0.25) is 4.79 Å². The summed E-state index contributed by atoms with van der Waals surface area (Å²) < 4.78 is 10.5. The number of aryl methyl sites for hydroxylation is 1. The second-order valence-corrected chi connectivity index (χ2v) is 8.06. The van der Waals surface area contributed by atoms with Crippen LogP contribution in [0.2, 0.25) is 0 Å². The molecule has 31 heavy (non-hydrogen) atoms. The molecule has 0 saturated heterocycles. The Hall–Kier alpha value is -2.66. The first kappa shape index (κ1) is 23.0. The van der Waals surface area contributed by atoms with E-state index in [1.165, 1.54) is 5.57 Å². The number of methoxy groups -OCH3 is 1. The number of aromatic nitrogens is 2. The molecule has 1 aromatic carbocycles. The van der Waals surface area contributed by atoms with Crippen molar-refractivity contribution in [1.29, 1.82) is 0 Å². The molecular weight excluding hydrogens is 412 g/mol. The van der Waals surface area contributed by atoms with Crippen molar-refractivity contribution in [2.24, 2.45) is 0 Å². The lowest BCUT2D eigenvalue weighted by atomic mass is 10.0. The summed E-state index contributed by atoms with van der Waals surface area (Å²) in [6.45, 7) is 0. The Labute approximate surface area is 188 Å². The van der Waals surface area contributed by atoms with Gasteiger partial charge in [0, 0.05) is 29.9 Å². The number of hydrogen-bond donors (Lipinski definition) is 0. The quantitative estimate of drug-likeness (QED) is 0.389. The number of carbonyl (C=O) groups is 1. The molecule has 0 amide bonds. The second-order valence-electron chi connectivity index (χ2n) is 7.63. The first-order valence-corrected chi connectivity index (χ1v) is 11.2. The summed E-state index contributed by atoms with van der Waals surface area (Å²) in [6, 6.07) is 7.46. The fourth-order valence-corrected chi connectivity index (χ4v) is 3.64. The van der Waals surface area contributed by atoms with E-state index in [0.717, 1.165) is 54.9 Å². The van der Waals surface area contributed by atoms with Crippen molar-refractivity contribution < 1.29 is 14.1 Å². The number of hydrogen-bond acceptors (Lipinski definition) is 5. The molecule has 0 atom stereocenters. The third-order valence-corrected chi connectivity index (χ3v) is 5.42. The number of unbranched alkanes of at least 4 members (excludes halogenated alkanes) is 1. The highest BCUT2D eigenvalue weighted by Crippen LogP contribution is 2.21. The van der Waals surface area contributed by atoms with Crippen LogP contribution in [0.5, 0.6) is 5.75 Å². The van der Waals surface area contributed by atoms with Gasteiger partial charge in [0.1, 0.15) is 11.5 Å². The van der Waals surface area contributed by atoms with E-state index in [4.69, 9.17) is 20.9 Å². The summed E-state index contributed by atoms with van der Waals surface area (Å²) in [5, 5.41) is 4.78. The highest BCUT2D eigenvalue weighted by Gasteiger charge is 2.11. The second kappa shape index (κ2) is 12.3. The van der Waals surface area contributed by atoms with Gasteiger partial charge in [-0.2, -0.15) is 4.98 Å². The highest BCUT2D eigenvalue weighted by molar-refractivity contribution is 6.31. The van der Waals surface area contributed by atoms with Gasteiger partial charge >= 0.3 is 0 Å². The normalized spacial score (nSPS) is 18.6. The van der Waals surface area contributed by atoms with Crippen LogP contribution in [-0.2, 0) is 11.2 Å². The maximum atomic E-state index is 12.3. The van der Waals surface area contributed by atoms with E-state index < -0.39 is 0 Å². The number of rotatable bonds is 10. The highest BCUT2D eigenvalue weighted by atomic mass is 35.5. The van der Waals surface area contributed by atoms with Gasteiger partial charge in [0.15, 0.2) is 0 Å². The molecule has 164 valence electrons. The van der Waals surface area contributed by atoms with Gasteiger partial charge < -0.3 is 9.26 Å². The Balaban J connectivity index is 1.38. The number of allylic oxidation sites excluding steroid dienone is 6. The lowest BCUT2D eigenvalue weighted by molar-refractivity contribution is -0.119. The van der Waals surface area contributed by atoms with Crippen LogP contribution in [-0.4, -0.2) is 23.0 Å². The minimum atomic E-state index is 0.226. The lowest BCUT2D eigenvalue weighted by Gasteiger charge is -2.04. The average molecular weight is 441 g/mol. The van der Waals surface area contributed by atoms with Crippen LogP contribution in [0.1, 0.15) is 57.3 Å². The van der Waals surface area contributed by atoms with Crippen LogP contribution >= 0.6 is 11.6 Å². The average Bonchev–Trinajstić information content (AvgIpc) is 3.29. The number of Topliss-reactive ketones (excluding diaryl/α,β-unsaturated/α-hetero) is 1. The molecule has 2 aromatic rings. The van der Waals surface area contributed by atoms with Crippen LogP contribution < -0.4 is 4.74 Å². The van der Waals surface area contributed by atoms with Crippen LogP contribution in [0.3, 0.4) is 0 Å². The van der Waals surface area contributed by atoms with E-state index in [0.29, 0.717) is 31.0 Å². The first-order chi connectivity index (χ1) is 15.1. The van der Waals surface area contributed by atoms with Gasteiger partial charge in [-0.25, -0.2) is 0 Å². The van der Waals surface area contributed by atoms with Crippen molar-refractivity contribution in [1.82, 2.24) is 10.1 Å². The predicted molar refractivity (Wildman–Crippen MR) is 123 cm³/mol. The monoisotopic (exact) mass is 440 g/mol. The lowest BCUT2D eigenvalue weighted by Crippen LogP contribution is -2.00. The summed E-state index contributed by atoms with van der Waals surface area (Å²) in [4.78, 5) is 16.6. The Morgan fingerprint density at radius 3 is 2.77 bits per heavy atom. The summed E-state index contributed by atoms with van der Waals surface area (Å²) >= 11 is 6.23. The Morgan fingerprint density at radius 2 is 1.97 bits per heavy atom. The van der Waals surface area contributed by atoms with E-state index in [1.807, 2.05) is 36.4 Å². The van der Waals surface area contributed by atoms with Crippen LogP contribution in [0.4, 0.5) is 0 Å². The Morgan fingerprint density at radius 1 is 1.13 bits per heavy atom. The van der Waals surface area contributed by atoms with E-state index in [1.54, 1.807) is 7.11 Å². The minimum Gasteiger partial charge on any atom is -0.497 e. The molecule has 1 aromatic heterocycles. The molecule has 0 spiro atoms. The molecule has 0 N–H and O–H groups in total. The van der Waals surface area contributed by atoms with Crippen LogP contribution in [0, 0.1) is 0 Å². The van der Waals surface area contributed by atoms with Crippen molar-refractivity contribution in [3.8, 4) is 17.1 Å². The number of benzene rings is 1. The number of ether oxygens (including phenoxy) is 1. The molecule has 0 aliphatic heterocycles. The van der Waals surface area contributed by atoms with Gasteiger partial charge in [-0.15, -0.1) is 0 Å². The summed E-state index contributed by atoms with van der Waals surface area (Å²) in [5.41, 5.74) is 2.12. The van der Waals surface area contributed by atoms with E-state index in [-0.39, 0.29) is 5.78 Å². The number of ketones is 1. The first-order valence-electron chi connectivity index (χ1n) is 10.9. The zero-order chi connectivity index (χ0) is 21.9. The molecule has 1 aliphatic carbocycles. The fourth-order valence-electron chi connectivity index (χ4n) is 3.41.